The first-order valence-corrected chi connectivity index (χ1v) is 5.88. The van der Waals surface area contributed by atoms with Gasteiger partial charge < -0.3 is 4.90 Å². The first-order valence-electron chi connectivity index (χ1n) is 5.88. The molecular formula is C13H11F2N3O. The number of carbonyl (C=O) groups is 1. The largest absolute Gasteiger partial charge is 0.333 e. The van der Waals surface area contributed by atoms with Crippen LogP contribution in [0, 0.1) is 5.82 Å². The second-order valence-corrected chi connectivity index (χ2v) is 4.48. The third-order valence-corrected chi connectivity index (χ3v) is 3.11. The van der Waals surface area contributed by atoms with E-state index in [0.717, 1.165) is 0 Å². The second-order valence-electron chi connectivity index (χ2n) is 4.48. The van der Waals surface area contributed by atoms with E-state index in [4.69, 9.17) is 0 Å². The van der Waals surface area contributed by atoms with Crippen molar-refractivity contribution in [3.8, 4) is 11.3 Å². The highest BCUT2D eigenvalue weighted by molar-refractivity contribution is 6.00. The lowest BCUT2D eigenvalue weighted by Gasteiger charge is -2.34. The quantitative estimate of drug-likeness (QED) is 0.901. The molecule has 1 fully saturated rings. The zero-order valence-corrected chi connectivity index (χ0v) is 9.94. The molecule has 19 heavy (non-hydrogen) atoms. The molecule has 1 aliphatic rings. The molecule has 0 spiro atoms. The fourth-order valence-corrected chi connectivity index (χ4v) is 2.07. The van der Waals surface area contributed by atoms with Gasteiger partial charge in [0.2, 0.25) is 0 Å². The van der Waals surface area contributed by atoms with Gasteiger partial charge in [-0.2, -0.15) is 5.10 Å². The molecule has 1 N–H and O–H groups in total. The Morgan fingerprint density at radius 1 is 1.42 bits per heavy atom. The molecule has 0 radical (unpaired) electrons. The Morgan fingerprint density at radius 2 is 2.21 bits per heavy atom. The van der Waals surface area contributed by atoms with E-state index in [1.807, 2.05) is 0 Å². The summed E-state index contributed by atoms with van der Waals surface area (Å²) in [4.78, 5) is 13.5. The summed E-state index contributed by atoms with van der Waals surface area (Å²) in [5.74, 6) is -0.680. The average Bonchev–Trinajstić information content (AvgIpc) is 2.83. The molecular weight excluding hydrogens is 252 g/mol. The van der Waals surface area contributed by atoms with Gasteiger partial charge in [-0.05, 0) is 12.1 Å². The fraction of sp³-hybridized carbons (Fsp3) is 0.231. The highest BCUT2D eigenvalue weighted by atomic mass is 19.1. The van der Waals surface area contributed by atoms with E-state index < -0.39 is 12.0 Å². The van der Waals surface area contributed by atoms with Crippen LogP contribution in [0.15, 0.2) is 30.5 Å². The maximum atomic E-state index is 13.2. The first kappa shape index (κ1) is 11.8. The lowest BCUT2D eigenvalue weighted by molar-refractivity contribution is 0.0401. The van der Waals surface area contributed by atoms with Crippen molar-refractivity contribution in [3.05, 3.63) is 41.8 Å². The predicted molar refractivity (Wildman–Crippen MR) is 64.8 cm³/mol. The van der Waals surface area contributed by atoms with Crippen LogP contribution in [0.25, 0.3) is 11.3 Å². The molecule has 1 saturated heterocycles. The molecule has 1 aromatic carbocycles. The Morgan fingerprint density at radius 3 is 2.89 bits per heavy atom. The van der Waals surface area contributed by atoms with Crippen LogP contribution in [0.1, 0.15) is 10.4 Å². The molecule has 4 nitrogen and oxygen atoms in total. The van der Waals surface area contributed by atoms with Gasteiger partial charge in [-0.1, -0.05) is 12.1 Å². The zero-order valence-electron chi connectivity index (χ0n) is 9.94. The number of rotatable bonds is 2. The molecule has 0 atom stereocenters. The number of likely N-dealkylation sites (tertiary alicyclic amines) is 1. The molecule has 0 unspecified atom stereocenters. The van der Waals surface area contributed by atoms with E-state index in [1.54, 1.807) is 12.1 Å². The van der Waals surface area contributed by atoms with Gasteiger partial charge in [-0.25, -0.2) is 8.78 Å². The number of nitrogens with zero attached hydrogens (tertiary/aromatic N) is 2. The van der Waals surface area contributed by atoms with E-state index in [1.165, 1.54) is 23.2 Å². The number of nitrogens with one attached hydrogen (secondary N) is 1. The summed E-state index contributed by atoms with van der Waals surface area (Å²) in [7, 11) is 0. The summed E-state index contributed by atoms with van der Waals surface area (Å²) in [6, 6.07) is 5.88. The van der Waals surface area contributed by atoms with Crippen molar-refractivity contribution in [1.82, 2.24) is 15.1 Å². The number of amides is 1. The van der Waals surface area contributed by atoms with Gasteiger partial charge in [0, 0.05) is 5.56 Å². The molecule has 1 amide bonds. The van der Waals surface area contributed by atoms with E-state index in [-0.39, 0.29) is 19.0 Å². The van der Waals surface area contributed by atoms with Gasteiger partial charge in [0.05, 0.1) is 30.5 Å². The van der Waals surface area contributed by atoms with E-state index >= 15 is 0 Å². The monoisotopic (exact) mass is 263 g/mol. The lowest BCUT2D eigenvalue weighted by atomic mass is 10.1. The number of H-pyrrole nitrogens is 1. The van der Waals surface area contributed by atoms with Crippen molar-refractivity contribution in [3.63, 3.8) is 0 Å². The number of alkyl halides is 1. The van der Waals surface area contributed by atoms with Crippen LogP contribution in [0.3, 0.4) is 0 Å². The van der Waals surface area contributed by atoms with Crippen molar-refractivity contribution < 1.29 is 13.6 Å². The highest BCUT2D eigenvalue weighted by Crippen LogP contribution is 2.24. The third-order valence-electron chi connectivity index (χ3n) is 3.11. The van der Waals surface area contributed by atoms with E-state index in [9.17, 15) is 13.6 Å². The predicted octanol–water partition coefficient (Wildman–Crippen LogP) is 2.01. The summed E-state index contributed by atoms with van der Waals surface area (Å²) in [5, 5.41) is 6.51. The standard InChI is InChI=1S/C13H11F2N3O/c14-9-3-1-2-8(4-9)12-11(5-16-17-12)13(19)18-6-10(15)7-18/h1-5,10H,6-7H2,(H,16,17). The number of carbonyl (C=O) groups excluding carboxylic acids is 1. The van der Waals surface area contributed by atoms with Crippen LogP contribution in [0.2, 0.25) is 0 Å². The molecule has 6 heteroatoms. The molecule has 1 aromatic heterocycles. The Kier molecular flexibility index (Phi) is 2.77. The van der Waals surface area contributed by atoms with Gasteiger partial charge in [-0.15, -0.1) is 0 Å². The number of aromatic amines is 1. The SMILES string of the molecule is O=C(c1cn[nH]c1-c1cccc(F)c1)N1CC(F)C1. The van der Waals surface area contributed by atoms with Crippen LogP contribution < -0.4 is 0 Å². The van der Waals surface area contributed by atoms with Crippen molar-refractivity contribution in [1.29, 1.82) is 0 Å². The Balaban J connectivity index is 1.92. The van der Waals surface area contributed by atoms with Crippen LogP contribution in [0.4, 0.5) is 8.78 Å². The summed E-state index contributed by atoms with van der Waals surface area (Å²) in [6.45, 7) is 0.208. The van der Waals surface area contributed by atoms with E-state index in [0.29, 0.717) is 16.8 Å². The summed E-state index contributed by atoms with van der Waals surface area (Å²) in [5.41, 5.74) is 1.32. The second kappa shape index (κ2) is 4.46. The maximum Gasteiger partial charge on any atom is 0.257 e. The maximum absolute atomic E-state index is 13.2. The highest BCUT2D eigenvalue weighted by Gasteiger charge is 2.32. The van der Waals surface area contributed by atoms with Crippen molar-refractivity contribution in [2.24, 2.45) is 0 Å². The Hall–Kier alpha value is -2.24. The Labute approximate surface area is 108 Å². The smallest absolute Gasteiger partial charge is 0.257 e. The minimum absolute atomic E-state index is 0.104. The summed E-state index contributed by atoms with van der Waals surface area (Å²) >= 11 is 0. The minimum atomic E-state index is -0.950. The van der Waals surface area contributed by atoms with Gasteiger partial charge in [-0.3, -0.25) is 9.89 Å². The number of halogens is 2. The molecule has 0 saturated carbocycles. The molecule has 0 aliphatic carbocycles. The summed E-state index contributed by atoms with van der Waals surface area (Å²) in [6.07, 6.45) is 0.433. The van der Waals surface area contributed by atoms with Crippen LogP contribution in [-0.4, -0.2) is 40.3 Å². The van der Waals surface area contributed by atoms with E-state index in [2.05, 4.69) is 10.2 Å². The van der Waals surface area contributed by atoms with Gasteiger partial charge in [0.1, 0.15) is 12.0 Å². The number of benzene rings is 1. The molecule has 2 aromatic rings. The third kappa shape index (κ3) is 2.09. The molecule has 3 rings (SSSR count). The number of aromatic nitrogens is 2. The Bertz CT molecular complexity index is 620. The van der Waals surface area contributed by atoms with Gasteiger partial charge in [0.25, 0.3) is 5.91 Å². The molecule has 98 valence electrons. The van der Waals surface area contributed by atoms with Crippen molar-refractivity contribution >= 4 is 5.91 Å². The molecule has 2 heterocycles. The van der Waals surface area contributed by atoms with Gasteiger partial charge >= 0.3 is 0 Å². The minimum Gasteiger partial charge on any atom is -0.333 e. The molecule has 1 aliphatic heterocycles. The van der Waals surface area contributed by atoms with Crippen LogP contribution in [-0.2, 0) is 0 Å². The number of hydrogen-bond donors (Lipinski definition) is 1. The molecule has 0 bridgehead atoms. The zero-order chi connectivity index (χ0) is 13.4. The first-order chi connectivity index (χ1) is 9.15. The summed E-state index contributed by atoms with van der Waals surface area (Å²) < 4.78 is 26.0. The lowest BCUT2D eigenvalue weighted by Crippen LogP contribution is -2.51. The van der Waals surface area contributed by atoms with Crippen LogP contribution in [0.5, 0.6) is 0 Å². The normalized spacial score (nSPS) is 15.4. The fourth-order valence-electron chi connectivity index (χ4n) is 2.07. The topological polar surface area (TPSA) is 49.0 Å². The van der Waals surface area contributed by atoms with Crippen molar-refractivity contribution in [2.45, 2.75) is 6.17 Å². The number of hydrogen-bond acceptors (Lipinski definition) is 2. The van der Waals surface area contributed by atoms with Crippen molar-refractivity contribution in [2.75, 3.05) is 13.1 Å². The van der Waals surface area contributed by atoms with Gasteiger partial charge in [0.15, 0.2) is 0 Å². The van der Waals surface area contributed by atoms with Crippen LogP contribution >= 0.6 is 0 Å². The average molecular weight is 263 g/mol.